The number of nitrogens with zero attached hydrogens (tertiary/aromatic N) is 1. The van der Waals surface area contributed by atoms with Crippen LogP contribution in [0.15, 0.2) is 91.0 Å². The highest BCUT2D eigenvalue weighted by Gasteiger charge is 2.43. The Hall–Kier alpha value is -3.79. The first-order valence-corrected chi connectivity index (χ1v) is 10.3. The van der Waals surface area contributed by atoms with Crippen LogP contribution < -0.4 is 4.74 Å². The number of aryl methyl sites for hydroxylation is 1. The van der Waals surface area contributed by atoms with Crippen LogP contribution in [0.4, 0.5) is 0 Å². The van der Waals surface area contributed by atoms with Crippen molar-refractivity contribution in [1.29, 1.82) is 0 Å². The normalized spacial score (nSPS) is 16.8. The fourth-order valence-electron chi connectivity index (χ4n) is 4.22. The van der Waals surface area contributed by atoms with E-state index in [2.05, 4.69) is 42.3 Å². The van der Waals surface area contributed by atoms with E-state index in [-0.39, 0.29) is 12.2 Å². The Kier molecular flexibility index (Phi) is 4.44. The summed E-state index contributed by atoms with van der Waals surface area (Å²) in [5, 5.41) is 1.09. The average Bonchev–Trinajstić information content (AvgIpc) is 3.17. The molecule has 2 heterocycles. The van der Waals surface area contributed by atoms with Crippen LogP contribution in [0.2, 0.25) is 0 Å². The quantitative estimate of drug-likeness (QED) is 0.307. The Labute approximate surface area is 181 Å². The lowest BCUT2D eigenvalue weighted by atomic mass is 10.0. The summed E-state index contributed by atoms with van der Waals surface area (Å²) in [6.07, 6.45) is 0. The Morgan fingerprint density at radius 1 is 1.03 bits per heavy atom. The first kappa shape index (κ1) is 19.2. The molecule has 0 aliphatic carbocycles. The molecule has 0 radical (unpaired) electrons. The van der Waals surface area contributed by atoms with Crippen LogP contribution >= 0.6 is 0 Å². The highest BCUT2D eigenvalue weighted by Crippen LogP contribution is 2.46. The molecular weight excluding hydrogens is 386 g/mol. The van der Waals surface area contributed by atoms with Crippen LogP contribution in [0, 0.1) is 6.92 Å². The van der Waals surface area contributed by atoms with Gasteiger partial charge in [-0.1, -0.05) is 60.7 Å². The van der Waals surface area contributed by atoms with Crippen molar-refractivity contribution in [2.75, 3.05) is 0 Å². The third kappa shape index (κ3) is 3.12. The predicted molar refractivity (Wildman–Crippen MR) is 122 cm³/mol. The lowest BCUT2D eigenvalue weighted by Gasteiger charge is -2.39. The van der Waals surface area contributed by atoms with E-state index in [1.807, 2.05) is 61.5 Å². The van der Waals surface area contributed by atoms with Gasteiger partial charge in [0.05, 0.1) is 16.8 Å². The van der Waals surface area contributed by atoms with Crippen LogP contribution in [0.1, 0.15) is 18.1 Å². The van der Waals surface area contributed by atoms with Gasteiger partial charge in [-0.3, -0.25) is 4.57 Å². The number of rotatable bonds is 4. The SMILES string of the molecule is C=C(C(=O)OCc1ccccc1)C1(C)Oc2ccccc2-c2cc3cc(C)ccc3n21. The Bertz CT molecular complexity index is 1320. The van der Waals surface area contributed by atoms with Crippen molar-refractivity contribution in [1.82, 2.24) is 4.57 Å². The van der Waals surface area contributed by atoms with Gasteiger partial charge in [0.1, 0.15) is 12.4 Å². The molecule has 0 spiro atoms. The van der Waals surface area contributed by atoms with Crippen LogP contribution in [0.25, 0.3) is 22.2 Å². The van der Waals surface area contributed by atoms with E-state index >= 15 is 0 Å². The molecule has 154 valence electrons. The third-order valence-corrected chi connectivity index (χ3v) is 5.87. The summed E-state index contributed by atoms with van der Waals surface area (Å²) in [5.41, 5.74) is 4.18. The smallest absolute Gasteiger partial charge is 0.339 e. The van der Waals surface area contributed by atoms with Gasteiger partial charge < -0.3 is 9.47 Å². The van der Waals surface area contributed by atoms with Crippen molar-refractivity contribution in [3.05, 3.63) is 102 Å². The zero-order valence-electron chi connectivity index (χ0n) is 17.6. The maximum absolute atomic E-state index is 13.0. The minimum atomic E-state index is -1.12. The van der Waals surface area contributed by atoms with Gasteiger partial charge in [-0.2, -0.15) is 0 Å². The summed E-state index contributed by atoms with van der Waals surface area (Å²) in [4.78, 5) is 13.0. The second kappa shape index (κ2) is 7.17. The van der Waals surface area contributed by atoms with Crippen molar-refractivity contribution in [2.45, 2.75) is 26.2 Å². The third-order valence-electron chi connectivity index (χ3n) is 5.87. The summed E-state index contributed by atoms with van der Waals surface area (Å²) in [6.45, 7) is 8.24. The first-order valence-electron chi connectivity index (χ1n) is 10.3. The monoisotopic (exact) mass is 409 g/mol. The molecule has 3 aromatic carbocycles. The predicted octanol–water partition coefficient (Wildman–Crippen LogP) is 5.98. The number of benzene rings is 3. The number of esters is 1. The van der Waals surface area contributed by atoms with Crippen molar-refractivity contribution >= 4 is 16.9 Å². The molecule has 0 fully saturated rings. The van der Waals surface area contributed by atoms with E-state index in [4.69, 9.17) is 9.47 Å². The molecule has 1 aliphatic rings. The van der Waals surface area contributed by atoms with Crippen molar-refractivity contribution in [3.8, 4) is 17.0 Å². The second-order valence-corrected chi connectivity index (χ2v) is 8.05. The highest BCUT2D eigenvalue weighted by molar-refractivity contribution is 5.94. The molecule has 0 saturated heterocycles. The fraction of sp³-hybridized carbons (Fsp3) is 0.148. The fourth-order valence-corrected chi connectivity index (χ4v) is 4.22. The van der Waals surface area contributed by atoms with Crippen LogP contribution in [0.3, 0.4) is 0 Å². The van der Waals surface area contributed by atoms with E-state index < -0.39 is 11.7 Å². The number of ether oxygens (including phenoxy) is 2. The van der Waals surface area contributed by atoms with Crippen LogP contribution in [-0.4, -0.2) is 10.5 Å². The molecule has 0 amide bonds. The molecule has 0 bridgehead atoms. The zero-order valence-corrected chi connectivity index (χ0v) is 17.6. The summed E-state index contributed by atoms with van der Waals surface area (Å²) in [5.74, 6) is 0.236. The molecule has 4 nitrogen and oxygen atoms in total. The van der Waals surface area contributed by atoms with Gasteiger partial charge in [-0.15, -0.1) is 0 Å². The number of carbonyl (C=O) groups excluding carboxylic acids is 1. The largest absolute Gasteiger partial charge is 0.463 e. The average molecular weight is 409 g/mol. The summed E-state index contributed by atoms with van der Waals surface area (Å²) >= 11 is 0. The molecule has 0 N–H and O–H groups in total. The Morgan fingerprint density at radius 3 is 2.58 bits per heavy atom. The van der Waals surface area contributed by atoms with E-state index in [0.29, 0.717) is 5.75 Å². The maximum Gasteiger partial charge on any atom is 0.339 e. The van der Waals surface area contributed by atoms with Gasteiger partial charge in [0.2, 0.25) is 5.72 Å². The van der Waals surface area contributed by atoms with Gasteiger partial charge in [0, 0.05) is 17.9 Å². The molecule has 1 atom stereocenters. The van der Waals surface area contributed by atoms with Crippen molar-refractivity contribution < 1.29 is 14.3 Å². The van der Waals surface area contributed by atoms with Gasteiger partial charge in [0.25, 0.3) is 0 Å². The standard InChI is InChI=1S/C27H23NO3/c1-18-13-14-23-21(15-18)16-24-22-11-7-8-12-25(22)31-27(3,28(23)24)19(2)26(29)30-17-20-9-5-4-6-10-20/h4-16H,2,17H2,1,3H3. The number of para-hydroxylation sites is 1. The second-order valence-electron chi connectivity index (χ2n) is 8.05. The summed E-state index contributed by atoms with van der Waals surface area (Å²) in [7, 11) is 0. The van der Waals surface area contributed by atoms with Crippen LogP contribution in [-0.2, 0) is 21.9 Å². The molecule has 5 rings (SSSR count). The number of hydrogen-bond donors (Lipinski definition) is 0. The van der Waals surface area contributed by atoms with Crippen molar-refractivity contribution in [3.63, 3.8) is 0 Å². The molecule has 1 aliphatic heterocycles. The molecule has 4 aromatic rings. The number of fused-ring (bicyclic) bond motifs is 5. The first-order chi connectivity index (χ1) is 15.0. The van der Waals surface area contributed by atoms with E-state index in [9.17, 15) is 4.79 Å². The summed E-state index contributed by atoms with van der Waals surface area (Å²) < 4.78 is 14.1. The molecule has 0 saturated carbocycles. The topological polar surface area (TPSA) is 40.5 Å². The van der Waals surface area contributed by atoms with Crippen LogP contribution in [0.5, 0.6) is 5.75 Å². The molecular formula is C27H23NO3. The number of hydrogen-bond acceptors (Lipinski definition) is 3. The molecule has 1 unspecified atom stereocenters. The molecule has 31 heavy (non-hydrogen) atoms. The maximum atomic E-state index is 13.0. The summed E-state index contributed by atoms with van der Waals surface area (Å²) in [6, 6.07) is 25.9. The minimum Gasteiger partial charge on any atom is -0.463 e. The van der Waals surface area contributed by atoms with E-state index in [1.165, 1.54) is 5.56 Å². The highest BCUT2D eigenvalue weighted by atomic mass is 16.5. The molecule has 4 heteroatoms. The number of carbonyl (C=O) groups is 1. The van der Waals surface area contributed by atoms with E-state index in [1.54, 1.807) is 0 Å². The minimum absolute atomic E-state index is 0.184. The molecule has 1 aromatic heterocycles. The number of aromatic nitrogens is 1. The van der Waals surface area contributed by atoms with Gasteiger partial charge in [-0.05, 0) is 42.8 Å². The van der Waals surface area contributed by atoms with Gasteiger partial charge in [0.15, 0.2) is 0 Å². The lowest BCUT2D eigenvalue weighted by molar-refractivity contribution is -0.143. The zero-order chi connectivity index (χ0) is 21.6. The van der Waals surface area contributed by atoms with E-state index in [0.717, 1.165) is 27.7 Å². The Balaban J connectivity index is 1.58. The Morgan fingerprint density at radius 2 is 1.77 bits per heavy atom. The van der Waals surface area contributed by atoms with Gasteiger partial charge in [-0.25, -0.2) is 4.79 Å². The van der Waals surface area contributed by atoms with Gasteiger partial charge >= 0.3 is 5.97 Å². The van der Waals surface area contributed by atoms with Crippen molar-refractivity contribution in [2.24, 2.45) is 0 Å². The lowest BCUT2D eigenvalue weighted by Crippen LogP contribution is -2.43.